The average molecular weight is 302 g/mol. The maximum atomic E-state index is 11.6. The number of carboxylic acid groups (broad SMARTS) is 1. The molecule has 0 saturated heterocycles. The Bertz CT molecular complexity index is 529. The van der Waals surface area contributed by atoms with Gasteiger partial charge in [0.1, 0.15) is 0 Å². The average Bonchev–Trinajstić information content (AvgIpc) is 2.61. The summed E-state index contributed by atoms with van der Waals surface area (Å²) < 4.78 is 0. The van der Waals surface area contributed by atoms with E-state index in [0.29, 0.717) is 5.56 Å². The first-order valence-electron chi connectivity index (χ1n) is 8.85. The van der Waals surface area contributed by atoms with E-state index < -0.39 is 5.97 Å². The van der Waals surface area contributed by atoms with Gasteiger partial charge in [0.25, 0.3) is 0 Å². The minimum atomic E-state index is -0.768. The number of aromatic carboxylic acids is 1. The van der Waals surface area contributed by atoms with Gasteiger partial charge >= 0.3 is 5.97 Å². The van der Waals surface area contributed by atoms with Crippen molar-refractivity contribution in [2.45, 2.75) is 84.0 Å². The molecule has 1 N–H and O–H groups in total. The first-order valence-corrected chi connectivity index (χ1v) is 8.85. The first-order chi connectivity index (χ1) is 10.5. The van der Waals surface area contributed by atoms with E-state index in [0.717, 1.165) is 24.8 Å². The van der Waals surface area contributed by atoms with Gasteiger partial charge in [0.2, 0.25) is 0 Å². The summed E-state index contributed by atoms with van der Waals surface area (Å²) in [5.41, 5.74) is 4.39. The number of aryl methyl sites for hydroxylation is 2. The summed E-state index contributed by atoms with van der Waals surface area (Å²) in [7, 11) is 0. The normalized spacial score (nSPS) is 16.9. The van der Waals surface area contributed by atoms with Crippen molar-refractivity contribution in [3.8, 4) is 0 Å². The number of hydrogen-bond donors (Lipinski definition) is 1. The lowest BCUT2D eigenvalue weighted by atomic mass is 9.78. The van der Waals surface area contributed by atoms with Crippen molar-refractivity contribution in [2.24, 2.45) is 0 Å². The second kappa shape index (κ2) is 7.30. The van der Waals surface area contributed by atoms with Crippen LogP contribution < -0.4 is 0 Å². The van der Waals surface area contributed by atoms with E-state index in [1.807, 2.05) is 6.07 Å². The fourth-order valence-electron chi connectivity index (χ4n) is 3.69. The molecule has 0 radical (unpaired) electrons. The van der Waals surface area contributed by atoms with E-state index in [-0.39, 0.29) is 5.41 Å². The Kier molecular flexibility index (Phi) is 5.66. The highest BCUT2D eigenvalue weighted by atomic mass is 16.4. The van der Waals surface area contributed by atoms with Crippen LogP contribution in [0.2, 0.25) is 0 Å². The van der Waals surface area contributed by atoms with E-state index in [1.165, 1.54) is 49.7 Å². The van der Waals surface area contributed by atoms with Crippen LogP contribution in [0.5, 0.6) is 0 Å². The predicted molar refractivity (Wildman–Crippen MR) is 91.8 cm³/mol. The maximum absolute atomic E-state index is 11.6. The molecule has 0 heterocycles. The molecule has 1 aliphatic rings. The maximum Gasteiger partial charge on any atom is 0.335 e. The van der Waals surface area contributed by atoms with Crippen LogP contribution in [0.1, 0.15) is 92.8 Å². The number of fused-ring (bicyclic) bond motifs is 1. The molecule has 122 valence electrons. The van der Waals surface area contributed by atoms with Crippen LogP contribution in [0.4, 0.5) is 0 Å². The van der Waals surface area contributed by atoms with Gasteiger partial charge in [-0.15, -0.1) is 0 Å². The fraction of sp³-hybridized carbons (Fsp3) is 0.650. The van der Waals surface area contributed by atoms with Crippen molar-refractivity contribution in [2.75, 3.05) is 0 Å². The van der Waals surface area contributed by atoms with E-state index in [4.69, 9.17) is 0 Å². The zero-order valence-electron chi connectivity index (χ0n) is 14.4. The standard InChI is InChI=1S/C20H30O2/c1-4-5-6-7-10-15-14-18-16(13-17(15)19(21)22)11-8-9-12-20(18,2)3/h13-14H,4-12H2,1-3H3,(H,21,22). The summed E-state index contributed by atoms with van der Waals surface area (Å²) in [4.78, 5) is 11.6. The molecule has 2 nitrogen and oxygen atoms in total. The number of carboxylic acids is 1. The Morgan fingerprint density at radius 2 is 1.95 bits per heavy atom. The van der Waals surface area contributed by atoms with Crippen molar-refractivity contribution in [1.82, 2.24) is 0 Å². The Morgan fingerprint density at radius 3 is 2.64 bits per heavy atom. The van der Waals surface area contributed by atoms with Crippen LogP contribution in [-0.2, 0) is 18.3 Å². The number of benzene rings is 1. The molecule has 0 saturated carbocycles. The second-order valence-corrected chi connectivity index (χ2v) is 7.37. The predicted octanol–water partition coefficient (Wildman–Crippen LogP) is 5.51. The van der Waals surface area contributed by atoms with Crippen molar-refractivity contribution < 1.29 is 9.90 Å². The van der Waals surface area contributed by atoms with E-state index in [9.17, 15) is 9.90 Å². The summed E-state index contributed by atoms with van der Waals surface area (Å²) in [6.07, 6.45) is 10.2. The minimum Gasteiger partial charge on any atom is -0.478 e. The number of rotatable bonds is 6. The molecular formula is C20H30O2. The van der Waals surface area contributed by atoms with Crippen LogP contribution in [-0.4, -0.2) is 11.1 Å². The molecule has 1 aromatic carbocycles. The molecular weight excluding hydrogens is 272 g/mol. The van der Waals surface area contributed by atoms with Gasteiger partial charge in [0, 0.05) is 0 Å². The summed E-state index contributed by atoms with van der Waals surface area (Å²) in [5.74, 6) is -0.768. The Hall–Kier alpha value is -1.31. The molecule has 0 spiro atoms. The lowest BCUT2D eigenvalue weighted by Gasteiger charge is -2.27. The Labute approximate surface area is 134 Å². The van der Waals surface area contributed by atoms with Gasteiger partial charge in [-0.05, 0) is 60.3 Å². The minimum absolute atomic E-state index is 0.168. The van der Waals surface area contributed by atoms with E-state index in [1.54, 1.807) is 0 Å². The summed E-state index contributed by atoms with van der Waals surface area (Å²) in [6, 6.07) is 4.19. The number of carbonyl (C=O) groups is 1. The molecule has 0 atom stereocenters. The topological polar surface area (TPSA) is 37.3 Å². The molecule has 0 aliphatic heterocycles. The largest absolute Gasteiger partial charge is 0.478 e. The lowest BCUT2D eigenvalue weighted by molar-refractivity contribution is 0.0695. The molecule has 2 heteroatoms. The molecule has 1 aromatic rings. The van der Waals surface area contributed by atoms with Crippen molar-refractivity contribution in [3.05, 3.63) is 34.4 Å². The number of unbranched alkanes of at least 4 members (excludes halogenated alkanes) is 3. The third kappa shape index (κ3) is 3.91. The van der Waals surface area contributed by atoms with Gasteiger partial charge in [0.15, 0.2) is 0 Å². The zero-order chi connectivity index (χ0) is 16.2. The smallest absolute Gasteiger partial charge is 0.335 e. The molecule has 0 aromatic heterocycles. The highest BCUT2D eigenvalue weighted by Gasteiger charge is 2.27. The molecule has 0 bridgehead atoms. The first kappa shape index (κ1) is 17.1. The molecule has 2 rings (SSSR count). The van der Waals surface area contributed by atoms with Gasteiger partial charge < -0.3 is 5.11 Å². The van der Waals surface area contributed by atoms with E-state index >= 15 is 0 Å². The fourth-order valence-corrected chi connectivity index (χ4v) is 3.69. The van der Waals surface area contributed by atoms with Gasteiger partial charge in [-0.1, -0.05) is 52.5 Å². The number of hydrogen-bond acceptors (Lipinski definition) is 1. The summed E-state index contributed by atoms with van der Waals surface area (Å²) >= 11 is 0. The Balaban J connectivity index is 2.34. The van der Waals surface area contributed by atoms with Gasteiger partial charge in [-0.3, -0.25) is 0 Å². The quantitative estimate of drug-likeness (QED) is 0.555. The molecule has 0 unspecified atom stereocenters. The summed E-state index contributed by atoms with van der Waals surface area (Å²) in [5, 5.41) is 9.57. The highest BCUT2D eigenvalue weighted by Crippen LogP contribution is 2.37. The van der Waals surface area contributed by atoms with Gasteiger partial charge in [-0.2, -0.15) is 0 Å². The summed E-state index contributed by atoms with van der Waals surface area (Å²) in [6.45, 7) is 6.81. The third-order valence-corrected chi connectivity index (χ3v) is 5.09. The monoisotopic (exact) mass is 302 g/mol. The highest BCUT2D eigenvalue weighted by molar-refractivity contribution is 5.90. The lowest BCUT2D eigenvalue weighted by Crippen LogP contribution is -2.19. The Morgan fingerprint density at radius 1 is 1.18 bits per heavy atom. The zero-order valence-corrected chi connectivity index (χ0v) is 14.4. The molecule has 22 heavy (non-hydrogen) atoms. The van der Waals surface area contributed by atoms with Gasteiger partial charge in [-0.25, -0.2) is 4.79 Å². The van der Waals surface area contributed by atoms with Crippen LogP contribution in [0.25, 0.3) is 0 Å². The van der Waals surface area contributed by atoms with Crippen LogP contribution in [0, 0.1) is 0 Å². The van der Waals surface area contributed by atoms with Crippen LogP contribution in [0.3, 0.4) is 0 Å². The molecule has 0 fully saturated rings. The van der Waals surface area contributed by atoms with Crippen molar-refractivity contribution in [1.29, 1.82) is 0 Å². The van der Waals surface area contributed by atoms with Crippen molar-refractivity contribution >= 4 is 5.97 Å². The second-order valence-electron chi connectivity index (χ2n) is 7.37. The third-order valence-electron chi connectivity index (χ3n) is 5.09. The van der Waals surface area contributed by atoms with Gasteiger partial charge in [0.05, 0.1) is 5.56 Å². The van der Waals surface area contributed by atoms with Crippen LogP contribution >= 0.6 is 0 Å². The molecule has 1 aliphatic carbocycles. The van der Waals surface area contributed by atoms with Crippen LogP contribution in [0.15, 0.2) is 12.1 Å². The SMILES string of the molecule is CCCCCCc1cc2c(cc1C(=O)O)CCCCC2(C)C. The van der Waals surface area contributed by atoms with E-state index in [2.05, 4.69) is 26.8 Å². The van der Waals surface area contributed by atoms with Crippen molar-refractivity contribution in [3.63, 3.8) is 0 Å². The molecule has 0 amide bonds.